The molecule has 9 heteroatoms. The number of carbonyl (C=O) groups is 1. The number of halogens is 3. The molecule has 1 amide bonds. The Balaban J connectivity index is 1.61. The number of carbonyl (C=O) groups excluding carboxylic acids is 1. The molecule has 5 rings (SSSR count). The molecule has 0 saturated carbocycles. The van der Waals surface area contributed by atoms with Crippen molar-refractivity contribution in [3.63, 3.8) is 0 Å². The molecule has 0 spiro atoms. The van der Waals surface area contributed by atoms with Crippen LogP contribution in [0.2, 0.25) is 10.0 Å². The van der Waals surface area contributed by atoms with Crippen molar-refractivity contribution in [2.45, 2.75) is 19.5 Å². The highest BCUT2D eigenvalue weighted by Crippen LogP contribution is 2.33. The van der Waals surface area contributed by atoms with E-state index in [1.54, 1.807) is 41.2 Å². The predicted octanol–water partition coefficient (Wildman–Crippen LogP) is 5.85. The van der Waals surface area contributed by atoms with Crippen molar-refractivity contribution in [3.8, 4) is 5.69 Å². The lowest BCUT2D eigenvalue weighted by Gasteiger charge is -2.20. The number of fused-ring (bicyclic) bond motifs is 1. The lowest BCUT2D eigenvalue weighted by molar-refractivity contribution is 0.0932. The molecule has 1 atom stereocenters. The van der Waals surface area contributed by atoms with Gasteiger partial charge in [-0.3, -0.25) is 9.78 Å². The minimum Gasteiger partial charge on any atom is -0.343 e. The van der Waals surface area contributed by atoms with E-state index in [9.17, 15) is 9.18 Å². The SMILES string of the molecule is CC(NC(=O)c1nn(-c2ccc(Cl)cc2Cl)c2c1CNC/C2=C\c1ccc(F)cc1)c1ccccn1. The summed E-state index contributed by atoms with van der Waals surface area (Å²) in [7, 11) is 0. The zero-order chi connectivity index (χ0) is 25.2. The van der Waals surface area contributed by atoms with Crippen molar-refractivity contribution in [2.24, 2.45) is 0 Å². The number of aromatic nitrogens is 3. The highest BCUT2D eigenvalue weighted by atomic mass is 35.5. The fraction of sp³-hybridized carbons (Fsp3) is 0.148. The van der Waals surface area contributed by atoms with Crippen LogP contribution >= 0.6 is 23.2 Å². The Kier molecular flexibility index (Phi) is 6.87. The van der Waals surface area contributed by atoms with Crippen molar-refractivity contribution in [1.82, 2.24) is 25.4 Å². The molecular weight excluding hydrogens is 500 g/mol. The molecule has 2 aromatic carbocycles. The minimum absolute atomic E-state index is 0.288. The van der Waals surface area contributed by atoms with Gasteiger partial charge in [0.1, 0.15) is 5.82 Å². The smallest absolute Gasteiger partial charge is 0.272 e. The summed E-state index contributed by atoms with van der Waals surface area (Å²) in [4.78, 5) is 17.8. The normalized spacial score (nSPS) is 14.9. The quantitative estimate of drug-likeness (QED) is 0.345. The van der Waals surface area contributed by atoms with Crippen molar-refractivity contribution < 1.29 is 9.18 Å². The molecule has 1 aliphatic rings. The Bertz CT molecular complexity index is 1450. The van der Waals surface area contributed by atoms with Crippen LogP contribution in [0.1, 0.15) is 46.0 Å². The first-order valence-corrected chi connectivity index (χ1v) is 12.1. The van der Waals surface area contributed by atoms with Crippen LogP contribution in [0.15, 0.2) is 66.9 Å². The van der Waals surface area contributed by atoms with Gasteiger partial charge in [-0.1, -0.05) is 41.4 Å². The molecule has 3 heterocycles. The Labute approximate surface area is 217 Å². The van der Waals surface area contributed by atoms with Gasteiger partial charge in [0.2, 0.25) is 0 Å². The van der Waals surface area contributed by atoms with Crippen LogP contribution in [0.25, 0.3) is 17.3 Å². The number of hydrogen-bond acceptors (Lipinski definition) is 4. The maximum Gasteiger partial charge on any atom is 0.272 e. The number of hydrogen-bond donors (Lipinski definition) is 2. The number of benzene rings is 2. The van der Waals surface area contributed by atoms with Gasteiger partial charge in [0, 0.05) is 29.9 Å². The fourth-order valence-corrected chi connectivity index (χ4v) is 4.70. The Morgan fingerprint density at radius 2 is 1.94 bits per heavy atom. The third-order valence-electron chi connectivity index (χ3n) is 5.95. The van der Waals surface area contributed by atoms with Crippen LogP contribution in [0.5, 0.6) is 0 Å². The minimum atomic E-state index is -0.321. The second-order valence-electron chi connectivity index (χ2n) is 8.46. The van der Waals surface area contributed by atoms with Gasteiger partial charge in [0.15, 0.2) is 5.69 Å². The number of nitrogens with zero attached hydrogens (tertiary/aromatic N) is 3. The number of nitrogens with one attached hydrogen (secondary N) is 2. The zero-order valence-electron chi connectivity index (χ0n) is 19.3. The first kappa shape index (κ1) is 24.2. The average molecular weight is 522 g/mol. The third kappa shape index (κ3) is 4.91. The van der Waals surface area contributed by atoms with E-state index >= 15 is 0 Å². The molecule has 4 aromatic rings. The Morgan fingerprint density at radius 3 is 2.67 bits per heavy atom. The van der Waals surface area contributed by atoms with Crippen LogP contribution in [0.3, 0.4) is 0 Å². The summed E-state index contributed by atoms with van der Waals surface area (Å²) >= 11 is 12.7. The van der Waals surface area contributed by atoms with E-state index in [4.69, 9.17) is 28.3 Å². The molecular formula is C27H22Cl2FN5O. The lowest BCUT2D eigenvalue weighted by atomic mass is 9.98. The van der Waals surface area contributed by atoms with Gasteiger partial charge < -0.3 is 10.6 Å². The summed E-state index contributed by atoms with van der Waals surface area (Å²) in [6.07, 6.45) is 3.64. The van der Waals surface area contributed by atoms with Gasteiger partial charge in [0.05, 0.1) is 28.1 Å². The van der Waals surface area contributed by atoms with Gasteiger partial charge in [-0.15, -0.1) is 0 Å². The second kappa shape index (κ2) is 10.2. The molecule has 0 aliphatic carbocycles. The Morgan fingerprint density at radius 1 is 1.14 bits per heavy atom. The molecule has 1 unspecified atom stereocenters. The number of pyridine rings is 1. The largest absolute Gasteiger partial charge is 0.343 e. The van der Waals surface area contributed by atoms with Crippen LogP contribution in [-0.2, 0) is 6.54 Å². The highest BCUT2D eigenvalue weighted by molar-refractivity contribution is 6.35. The molecule has 36 heavy (non-hydrogen) atoms. The molecule has 2 aromatic heterocycles. The molecule has 2 N–H and O–H groups in total. The molecule has 0 fully saturated rings. The van der Waals surface area contributed by atoms with Crippen molar-refractivity contribution in [3.05, 3.63) is 111 Å². The number of rotatable bonds is 5. The van der Waals surface area contributed by atoms with E-state index in [1.807, 2.05) is 31.2 Å². The summed E-state index contributed by atoms with van der Waals surface area (Å²) in [5.74, 6) is -0.628. The zero-order valence-corrected chi connectivity index (χ0v) is 20.8. The van der Waals surface area contributed by atoms with Gasteiger partial charge >= 0.3 is 0 Å². The van der Waals surface area contributed by atoms with Crippen molar-refractivity contribution in [2.75, 3.05) is 6.54 Å². The van der Waals surface area contributed by atoms with Crippen molar-refractivity contribution >= 4 is 40.8 Å². The fourth-order valence-electron chi connectivity index (χ4n) is 4.21. The monoisotopic (exact) mass is 521 g/mol. The van der Waals surface area contributed by atoms with E-state index in [1.165, 1.54) is 12.1 Å². The van der Waals surface area contributed by atoms with E-state index in [-0.39, 0.29) is 23.5 Å². The third-order valence-corrected chi connectivity index (χ3v) is 6.49. The van der Waals surface area contributed by atoms with E-state index < -0.39 is 0 Å². The first-order chi connectivity index (χ1) is 17.4. The van der Waals surface area contributed by atoms with E-state index in [0.29, 0.717) is 28.8 Å². The molecule has 0 bridgehead atoms. The van der Waals surface area contributed by atoms with Gasteiger partial charge in [0.25, 0.3) is 5.91 Å². The maximum atomic E-state index is 13.5. The first-order valence-electron chi connectivity index (χ1n) is 11.4. The maximum absolute atomic E-state index is 13.5. The molecule has 1 aliphatic heterocycles. The van der Waals surface area contributed by atoms with Gasteiger partial charge in [-0.05, 0) is 66.6 Å². The van der Waals surface area contributed by atoms with Crippen LogP contribution in [-0.4, -0.2) is 27.2 Å². The van der Waals surface area contributed by atoms with Gasteiger partial charge in [-0.25, -0.2) is 9.07 Å². The lowest BCUT2D eigenvalue weighted by Crippen LogP contribution is -2.30. The summed E-state index contributed by atoms with van der Waals surface area (Å²) in [5, 5.41) is 12.0. The average Bonchev–Trinajstić information content (AvgIpc) is 3.26. The van der Waals surface area contributed by atoms with E-state index in [0.717, 1.165) is 28.1 Å². The van der Waals surface area contributed by atoms with Crippen LogP contribution in [0.4, 0.5) is 4.39 Å². The standard InChI is InChI=1S/C27H22Cl2FN5O/c1-16(23-4-2-3-11-32-23)33-27(36)25-21-15-31-14-18(12-17-5-8-20(30)9-6-17)26(21)35(34-25)24-10-7-19(28)13-22(24)29/h2-13,16,31H,14-15H2,1H3,(H,33,36)/b18-12+. The highest BCUT2D eigenvalue weighted by Gasteiger charge is 2.29. The molecule has 0 radical (unpaired) electrons. The second-order valence-corrected chi connectivity index (χ2v) is 9.30. The van der Waals surface area contributed by atoms with Crippen LogP contribution in [0, 0.1) is 5.82 Å². The van der Waals surface area contributed by atoms with E-state index in [2.05, 4.69) is 15.6 Å². The summed E-state index contributed by atoms with van der Waals surface area (Å²) < 4.78 is 15.1. The molecule has 0 saturated heterocycles. The topological polar surface area (TPSA) is 71.8 Å². The van der Waals surface area contributed by atoms with Gasteiger partial charge in [-0.2, -0.15) is 5.10 Å². The Hall–Kier alpha value is -3.52. The number of amides is 1. The van der Waals surface area contributed by atoms with Crippen LogP contribution < -0.4 is 10.6 Å². The van der Waals surface area contributed by atoms with Crippen molar-refractivity contribution in [1.29, 1.82) is 0 Å². The molecule has 6 nitrogen and oxygen atoms in total. The summed E-state index contributed by atoms with van der Waals surface area (Å²) in [5.41, 5.74) is 4.85. The predicted molar refractivity (Wildman–Crippen MR) is 140 cm³/mol. The summed E-state index contributed by atoms with van der Waals surface area (Å²) in [6, 6.07) is 16.6. The summed E-state index contributed by atoms with van der Waals surface area (Å²) in [6.45, 7) is 2.85. The molecule has 182 valence electrons.